The van der Waals surface area contributed by atoms with Crippen molar-refractivity contribution in [3.8, 4) is 0 Å². The number of amides is 1. The first-order chi connectivity index (χ1) is 34.5. The van der Waals surface area contributed by atoms with Crippen LogP contribution in [0, 0.1) is 0 Å². The fourth-order valence-electron chi connectivity index (χ4n) is 9.37. The number of hydrogen-bond donors (Lipinski definition) is 3. The van der Waals surface area contributed by atoms with Gasteiger partial charge >= 0.3 is 5.97 Å². The van der Waals surface area contributed by atoms with Gasteiger partial charge in [0.15, 0.2) is 0 Å². The van der Waals surface area contributed by atoms with Gasteiger partial charge in [-0.1, -0.05) is 281 Å². The Kier molecular flexibility index (Phi) is 57.5. The van der Waals surface area contributed by atoms with Crippen molar-refractivity contribution in [1.29, 1.82) is 0 Å². The summed E-state index contributed by atoms with van der Waals surface area (Å²) >= 11 is 0. The molecule has 0 aromatic carbocycles. The van der Waals surface area contributed by atoms with Crippen LogP contribution in [0.25, 0.3) is 0 Å². The van der Waals surface area contributed by atoms with Crippen LogP contribution >= 0.6 is 0 Å². The number of aliphatic hydroxyl groups excluding tert-OH is 2. The lowest BCUT2D eigenvalue weighted by Gasteiger charge is -2.22. The van der Waals surface area contributed by atoms with E-state index in [9.17, 15) is 19.8 Å². The summed E-state index contributed by atoms with van der Waals surface area (Å²) in [5.74, 6) is -0.144. The Hall–Kier alpha value is -2.18. The minimum Gasteiger partial charge on any atom is -0.466 e. The molecule has 6 nitrogen and oxygen atoms in total. The first-order valence-electron chi connectivity index (χ1n) is 30.9. The van der Waals surface area contributed by atoms with Crippen molar-refractivity contribution in [2.75, 3.05) is 13.2 Å². The highest BCUT2D eigenvalue weighted by atomic mass is 16.5. The lowest BCUT2D eigenvalue weighted by molar-refractivity contribution is -0.143. The molecule has 410 valence electrons. The number of carbonyl (C=O) groups excluding carboxylic acids is 2. The molecule has 0 saturated heterocycles. The first-order valence-corrected chi connectivity index (χ1v) is 30.9. The van der Waals surface area contributed by atoms with Crippen molar-refractivity contribution >= 4 is 11.9 Å². The molecule has 0 aromatic heterocycles. The van der Waals surface area contributed by atoms with Gasteiger partial charge in [0.25, 0.3) is 0 Å². The number of carbonyl (C=O) groups is 2. The third-order valence-electron chi connectivity index (χ3n) is 14.1. The van der Waals surface area contributed by atoms with Crippen molar-refractivity contribution in [2.24, 2.45) is 0 Å². The molecule has 0 fully saturated rings. The molecule has 0 aliphatic rings. The van der Waals surface area contributed by atoms with Crippen LogP contribution in [-0.2, 0) is 14.3 Å². The number of allylic oxidation sites excluding steroid dienone is 8. The van der Waals surface area contributed by atoms with Gasteiger partial charge in [-0.3, -0.25) is 9.59 Å². The zero-order chi connectivity index (χ0) is 50.7. The summed E-state index contributed by atoms with van der Waals surface area (Å²) in [5, 5.41) is 23.3. The molecule has 0 saturated carbocycles. The second kappa shape index (κ2) is 59.4. The quantitative estimate of drug-likeness (QED) is 0.0321. The Morgan fingerprint density at radius 3 is 1.13 bits per heavy atom. The molecule has 0 aromatic rings. The molecule has 0 aliphatic carbocycles. The molecular weight excluding hydrogens is 863 g/mol. The van der Waals surface area contributed by atoms with Crippen LogP contribution in [0.3, 0.4) is 0 Å². The van der Waals surface area contributed by atoms with Crippen LogP contribution in [0.1, 0.15) is 322 Å². The number of unbranched alkanes of at least 4 members (excludes halogenated alkanes) is 38. The molecule has 3 N–H and O–H groups in total. The largest absolute Gasteiger partial charge is 0.466 e. The Bertz CT molecular complexity index is 1180. The topological polar surface area (TPSA) is 95.9 Å². The van der Waals surface area contributed by atoms with Gasteiger partial charge in [0, 0.05) is 12.8 Å². The molecule has 2 unspecified atom stereocenters. The third-order valence-corrected chi connectivity index (χ3v) is 14.1. The lowest BCUT2D eigenvalue weighted by atomic mass is 10.0. The van der Waals surface area contributed by atoms with Crippen LogP contribution < -0.4 is 5.32 Å². The Morgan fingerprint density at radius 1 is 0.400 bits per heavy atom. The van der Waals surface area contributed by atoms with E-state index in [1.807, 2.05) is 6.08 Å². The van der Waals surface area contributed by atoms with Crippen LogP contribution in [0.2, 0.25) is 0 Å². The summed E-state index contributed by atoms with van der Waals surface area (Å²) in [6.45, 7) is 4.88. The molecule has 6 heteroatoms. The molecule has 1 amide bonds. The van der Waals surface area contributed by atoms with E-state index < -0.39 is 12.1 Å². The van der Waals surface area contributed by atoms with Gasteiger partial charge in [-0.2, -0.15) is 0 Å². The van der Waals surface area contributed by atoms with Gasteiger partial charge in [0.2, 0.25) is 5.91 Å². The minimum atomic E-state index is -0.702. The number of nitrogens with one attached hydrogen (secondary N) is 1. The first kappa shape index (κ1) is 67.8. The van der Waals surface area contributed by atoms with E-state index in [-0.39, 0.29) is 18.5 Å². The summed E-state index contributed by atoms with van der Waals surface area (Å²) in [4.78, 5) is 24.5. The minimum absolute atomic E-state index is 0.0301. The van der Waals surface area contributed by atoms with Crippen LogP contribution in [0.15, 0.2) is 48.6 Å². The van der Waals surface area contributed by atoms with E-state index in [1.54, 1.807) is 0 Å². The predicted molar refractivity (Wildman–Crippen MR) is 306 cm³/mol. The maximum atomic E-state index is 12.5. The molecule has 0 spiro atoms. The summed E-state index contributed by atoms with van der Waals surface area (Å²) in [7, 11) is 0. The molecule has 0 aliphatic heterocycles. The van der Waals surface area contributed by atoms with E-state index in [0.29, 0.717) is 32.3 Å². The average molecular weight is 983 g/mol. The standard InChI is InChI=1S/C64H119NO5/c1-3-5-7-9-11-13-15-17-19-21-22-23-24-25-26-27-28-29-32-36-40-44-48-52-56-62(67)61(60-66)65-63(68)57-53-49-45-41-37-33-31-35-39-43-47-51-55-59-70-64(69)58-54-50-46-42-38-34-30-20-18-16-14-12-10-8-6-4-2/h14,16,20,30,33,37,45,49,61-62,66-67H,3-13,15,17-19,21-29,31-32,34-36,38-44,46-48,50-60H2,1-2H3,(H,65,68)/b16-14-,30-20-,37-33-,49-45-. The van der Waals surface area contributed by atoms with Crippen LogP contribution in [0.4, 0.5) is 0 Å². The molecular formula is C64H119NO5. The van der Waals surface area contributed by atoms with Crippen LogP contribution in [0.5, 0.6) is 0 Å². The Labute approximate surface area is 436 Å². The molecule has 70 heavy (non-hydrogen) atoms. The maximum absolute atomic E-state index is 12.5. The van der Waals surface area contributed by atoms with E-state index >= 15 is 0 Å². The van der Waals surface area contributed by atoms with Crippen molar-refractivity contribution < 1.29 is 24.5 Å². The highest BCUT2D eigenvalue weighted by Gasteiger charge is 2.20. The monoisotopic (exact) mass is 982 g/mol. The highest BCUT2D eigenvalue weighted by molar-refractivity contribution is 5.76. The van der Waals surface area contributed by atoms with Crippen molar-refractivity contribution in [2.45, 2.75) is 334 Å². The molecule has 2 atom stereocenters. The summed E-state index contributed by atoms with van der Waals surface area (Å²) in [6.07, 6.45) is 75.6. The van der Waals surface area contributed by atoms with E-state index in [1.165, 1.54) is 218 Å². The smallest absolute Gasteiger partial charge is 0.305 e. The number of aliphatic hydroxyl groups is 2. The Morgan fingerprint density at radius 2 is 0.729 bits per heavy atom. The van der Waals surface area contributed by atoms with Crippen molar-refractivity contribution in [1.82, 2.24) is 5.32 Å². The average Bonchev–Trinajstić information content (AvgIpc) is 3.36. The number of esters is 1. The van der Waals surface area contributed by atoms with Gasteiger partial charge in [0.1, 0.15) is 0 Å². The van der Waals surface area contributed by atoms with Crippen molar-refractivity contribution in [3.05, 3.63) is 48.6 Å². The van der Waals surface area contributed by atoms with E-state index in [4.69, 9.17) is 4.74 Å². The SMILES string of the molecule is CCCCCC/C=C\C/C=C\CCCCCCCC(=O)OCCCCCCCC/C=C\C/C=C\CCC(=O)NC(CO)C(O)CCCCCCCCCCCCCCCCCCCCCCCCCC. The zero-order valence-electron chi connectivity index (χ0n) is 46.7. The van der Waals surface area contributed by atoms with E-state index in [0.717, 1.165) is 64.2 Å². The van der Waals surface area contributed by atoms with Gasteiger partial charge in [-0.15, -0.1) is 0 Å². The molecule has 0 heterocycles. The third kappa shape index (κ3) is 55.1. The highest BCUT2D eigenvalue weighted by Crippen LogP contribution is 2.17. The summed E-state index contributed by atoms with van der Waals surface area (Å²) < 4.78 is 5.46. The second-order valence-electron chi connectivity index (χ2n) is 21.0. The van der Waals surface area contributed by atoms with Gasteiger partial charge in [-0.05, 0) is 77.0 Å². The van der Waals surface area contributed by atoms with Gasteiger partial charge in [0.05, 0.1) is 25.4 Å². The fourth-order valence-corrected chi connectivity index (χ4v) is 9.37. The molecule has 0 bridgehead atoms. The predicted octanol–water partition coefficient (Wildman–Crippen LogP) is 19.4. The van der Waals surface area contributed by atoms with Gasteiger partial charge < -0.3 is 20.3 Å². The maximum Gasteiger partial charge on any atom is 0.305 e. The van der Waals surface area contributed by atoms with E-state index in [2.05, 4.69) is 61.7 Å². The number of hydrogen-bond acceptors (Lipinski definition) is 5. The van der Waals surface area contributed by atoms with Gasteiger partial charge in [-0.25, -0.2) is 0 Å². The Balaban J connectivity index is 3.53. The number of ether oxygens (including phenoxy) is 1. The fraction of sp³-hybridized carbons (Fsp3) is 0.844. The number of rotatable bonds is 57. The van der Waals surface area contributed by atoms with Crippen LogP contribution in [-0.4, -0.2) is 47.4 Å². The van der Waals surface area contributed by atoms with Crippen molar-refractivity contribution in [3.63, 3.8) is 0 Å². The summed E-state index contributed by atoms with van der Waals surface area (Å²) in [5.41, 5.74) is 0. The zero-order valence-corrected chi connectivity index (χ0v) is 46.7. The molecule has 0 rings (SSSR count). The lowest BCUT2D eigenvalue weighted by Crippen LogP contribution is -2.45. The molecule has 0 radical (unpaired) electrons. The normalized spacial score (nSPS) is 12.9. The summed E-state index contributed by atoms with van der Waals surface area (Å²) in [6, 6.07) is -0.588. The second-order valence-corrected chi connectivity index (χ2v) is 21.0.